The molecule has 1 aromatic heterocycles. The zero-order valence-electron chi connectivity index (χ0n) is 14.4. The molecule has 6 nitrogen and oxygen atoms in total. The Morgan fingerprint density at radius 1 is 1.22 bits per heavy atom. The molecule has 2 N–H and O–H groups in total. The first kappa shape index (κ1) is 18.8. The molecule has 2 heterocycles. The second kappa shape index (κ2) is 8.15. The van der Waals surface area contributed by atoms with E-state index >= 15 is 0 Å². The standard InChI is InChI=1S/C18H19F3N4O2/c19-18(20,21)27-15-6-4-14(5-7-15)24-17(26)25-10-8-13(12-25)11-23-16-3-1-2-9-22-16/h1-7,9,13H,8,10-12H2,(H,22,23)(H,24,26). The fourth-order valence-electron chi connectivity index (χ4n) is 2.84. The lowest BCUT2D eigenvalue weighted by Crippen LogP contribution is -2.33. The van der Waals surface area contributed by atoms with Crippen molar-refractivity contribution in [2.75, 3.05) is 30.3 Å². The molecule has 0 radical (unpaired) electrons. The number of hydrogen-bond donors (Lipinski definition) is 2. The van der Waals surface area contributed by atoms with Crippen LogP contribution in [0, 0.1) is 5.92 Å². The van der Waals surface area contributed by atoms with Crippen LogP contribution >= 0.6 is 0 Å². The smallest absolute Gasteiger partial charge is 0.406 e. The van der Waals surface area contributed by atoms with Gasteiger partial charge < -0.3 is 20.3 Å². The van der Waals surface area contributed by atoms with Crippen LogP contribution in [0.25, 0.3) is 0 Å². The number of aromatic nitrogens is 1. The van der Waals surface area contributed by atoms with Gasteiger partial charge in [-0.25, -0.2) is 9.78 Å². The Labute approximate surface area is 154 Å². The van der Waals surface area contributed by atoms with E-state index in [1.807, 2.05) is 18.2 Å². The lowest BCUT2D eigenvalue weighted by atomic mass is 10.1. The number of nitrogens with zero attached hydrogens (tertiary/aromatic N) is 2. The predicted molar refractivity (Wildman–Crippen MR) is 94.6 cm³/mol. The molecule has 0 spiro atoms. The lowest BCUT2D eigenvalue weighted by Gasteiger charge is -2.18. The topological polar surface area (TPSA) is 66.5 Å². The Hall–Kier alpha value is -2.97. The Bertz CT molecular complexity index is 753. The number of ether oxygens (including phenoxy) is 1. The quantitative estimate of drug-likeness (QED) is 0.825. The zero-order valence-corrected chi connectivity index (χ0v) is 14.4. The molecule has 27 heavy (non-hydrogen) atoms. The van der Waals surface area contributed by atoms with Crippen molar-refractivity contribution in [1.29, 1.82) is 0 Å². The van der Waals surface area contributed by atoms with Crippen molar-refractivity contribution >= 4 is 17.5 Å². The van der Waals surface area contributed by atoms with Crippen LogP contribution in [0.15, 0.2) is 48.7 Å². The van der Waals surface area contributed by atoms with Gasteiger partial charge in [0.25, 0.3) is 0 Å². The number of anilines is 2. The molecule has 2 amide bonds. The third kappa shape index (κ3) is 5.77. The number of amides is 2. The highest BCUT2D eigenvalue weighted by molar-refractivity contribution is 5.89. The van der Waals surface area contributed by atoms with Gasteiger partial charge in [0.05, 0.1) is 0 Å². The van der Waals surface area contributed by atoms with Crippen LogP contribution in [0.5, 0.6) is 5.75 Å². The van der Waals surface area contributed by atoms with Gasteiger partial charge in [-0.1, -0.05) is 6.07 Å². The van der Waals surface area contributed by atoms with E-state index in [1.54, 1.807) is 11.1 Å². The summed E-state index contributed by atoms with van der Waals surface area (Å²) in [5.74, 6) is 0.768. The van der Waals surface area contributed by atoms with Gasteiger partial charge in [-0.3, -0.25) is 0 Å². The monoisotopic (exact) mass is 380 g/mol. The molecule has 1 unspecified atom stereocenters. The molecule has 0 bridgehead atoms. The van der Waals surface area contributed by atoms with Crippen molar-refractivity contribution in [3.8, 4) is 5.75 Å². The van der Waals surface area contributed by atoms with Crippen molar-refractivity contribution in [3.63, 3.8) is 0 Å². The molecule has 0 saturated carbocycles. The van der Waals surface area contributed by atoms with Gasteiger partial charge in [-0.15, -0.1) is 13.2 Å². The summed E-state index contributed by atoms with van der Waals surface area (Å²) in [6.07, 6.45) is -2.16. The largest absolute Gasteiger partial charge is 0.573 e. The summed E-state index contributed by atoms with van der Waals surface area (Å²) in [7, 11) is 0. The van der Waals surface area contributed by atoms with Crippen LogP contribution in [0.1, 0.15) is 6.42 Å². The van der Waals surface area contributed by atoms with Gasteiger partial charge in [-0.2, -0.15) is 0 Å². The Morgan fingerprint density at radius 3 is 2.67 bits per heavy atom. The highest BCUT2D eigenvalue weighted by atomic mass is 19.4. The van der Waals surface area contributed by atoms with Crippen molar-refractivity contribution in [2.24, 2.45) is 5.92 Å². The van der Waals surface area contributed by atoms with E-state index < -0.39 is 6.36 Å². The molecular formula is C18H19F3N4O2. The first-order chi connectivity index (χ1) is 12.9. The first-order valence-corrected chi connectivity index (χ1v) is 8.46. The molecule has 1 aromatic carbocycles. The molecule has 0 aliphatic carbocycles. The number of urea groups is 1. The van der Waals surface area contributed by atoms with Crippen LogP contribution in [0.3, 0.4) is 0 Å². The number of nitrogens with one attached hydrogen (secondary N) is 2. The van der Waals surface area contributed by atoms with Crippen LogP contribution in [0.4, 0.5) is 29.5 Å². The maximum absolute atomic E-state index is 12.3. The molecule has 1 aliphatic heterocycles. The minimum absolute atomic E-state index is 0.278. The van der Waals surface area contributed by atoms with E-state index in [0.29, 0.717) is 31.2 Å². The summed E-state index contributed by atoms with van der Waals surface area (Å²) in [6.45, 7) is 1.93. The number of benzene rings is 1. The van der Waals surface area contributed by atoms with Gasteiger partial charge in [0.1, 0.15) is 11.6 Å². The lowest BCUT2D eigenvalue weighted by molar-refractivity contribution is -0.274. The Balaban J connectivity index is 1.46. The number of rotatable bonds is 5. The maximum atomic E-state index is 12.3. The second-order valence-corrected chi connectivity index (χ2v) is 6.20. The van der Waals surface area contributed by atoms with E-state index in [0.717, 1.165) is 24.4 Å². The summed E-state index contributed by atoms with van der Waals surface area (Å²) < 4.78 is 40.3. The zero-order chi connectivity index (χ0) is 19.3. The first-order valence-electron chi connectivity index (χ1n) is 8.46. The molecule has 3 rings (SSSR count). The summed E-state index contributed by atoms with van der Waals surface area (Å²) in [5.41, 5.74) is 0.407. The van der Waals surface area contributed by atoms with E-state index in [2.05, 4.69) is 20.4 Å². The number of likely N-dealkylation sites (tertiary alicyclic amines) is 1. The molecule has 9 heteroatoms. The average Bonchev–Trinajstić information content (AvgIpc) is 3.10. The summed E-state index contributed by atoms with van der Waals surface area (Å²) >= 11 is 0. The molecule has 1 fully saturated rings. The van der Waals surface area contributed by atoms with E-state index in [1.165, 1.54) is 12.1 Å². The van der Waals surface area contributed by atoms with E-state index in [4.69, 9.17) is 0 Å². The van der Waals surface area contributed by atoms with Crippen LogP contribution in [0.2, 0.25) is 0 Å². The minimum atomic E-state index is -4.74. The van der Waals surface area contributed by atoms with Crippen molar-refractivity contribution in [3.05, 3.63) is 48.7 Å². The van der Waals surface area contributed by atoms with Crippen LogP contribution in [-0.2, 0) is 0 Å². The van der Waals surface area contributed by atoms with Gasteiger partial charge >= 0.3 is 12.4 Å². The van der Waals surface area contributed by atoms with Gasteiger partial charge in [0, 0.05) is 31.5 Å². The van der Waals surface area contributed by atoms with Crippen molar-refractivity contribution < 1.29 is 22.7 Å². The second-order valence-electron chi connectivity index (χ2n) is 6.20. The third-order valence-electron chi connectivity index (χ3n) is 4.15. The highest BCUT2D eigenvalue weighted by Crippen LogP contribution is 2.24. The Morgan fingerprint density at radius 2 is 2.00 bits per heavy atom. The van der Waals surface area contributed by atoms with E-state index in [9.17, 15) is 18.0 Å². The highest BCUT2D eigenvalue weighted by Gasteiger charge is 2.31. The average molecular weight is 380 g/mol. The number of carbonyl (C=O) groups is 1. The molecule has 2 aromatic rings. The van der Waals surface area contributed by atoms with E-state index in [-0.39, 0.29) is 11.8 Å². The van der Waals surface area contributed by atoms with Gasteiger partial charge in [0.15, 0.2) is 0 Å². The fourth-order valence-corrected chi connectivity index (χ4v) is 2.84. The summed E-state index contributed by atoms with van der Waals surface area (Å²) in [5, 5.41) is 5.93. The normalized spacial score (nSPS) is 16.9. The number of hydrogen-bond acceptors (Lipinski definition) is 4. The molecule has 1 atom stereocenters. The number of carbonyl (C=O) groups excluding carboxylic acids is 1. The molecule has 144 valence electrons. The van der Waals surface area contributed by atoms with Crippen molar-refractivity contribution in [1.82, 2.24) is 9.88 Å². The van der Waals surface area contributed by atoms with Gasteiger partial charge in [0.2, 0.25) is 0 Å². The number of pyridine rings is 1. The number of halogens is 3. The van der Waals surface area contributed by atoms with Gasteiger partial charge in [-0.05, 0) is 48.7 Å². The predicted octanol–water partition coefficient (Wildman–Crippen LogP) is 3.95. The minimum Gasteiger partial charge on any atom is -0.406 e. The SMILES string of the molecule is O=C(Nc1ccc(OC(F)(F)F)cc1)N1CCC(CNc2ccccn2)C1. The molecule has 1 aliphatic rings. The molecular weight excluding hydrogens is 361 g/mol. The third-order valence-corrected chi connectivity index (χ3v) is 4.15. The number of alkyl halides is 3. The molecule has 1 saturated heterocycles. The van der Waals surface area contributed by atoms with Crippen LogP contribution < -0.4 is 15.4 Å². The Kier molecular flexibility index (Phi) is 5.68. The summed E-state index contributed by atoms with van der Waals surface area (Å²) in [4.78, 5) is 18.2. The van der Waals surface area contributed by atoms with Crippen molar-refractivity contribution in [2.45, 2.75) is 12.8 Å². The fraction of sp³-hybridized carbons (Fsp3) is 0.333. The maximum Gasteiger partial charge on any atom is 0.573 e. The van der Waals surface area contributed by atoms with Crippen LogP contribution in [-0.4, -0.2) is 41.9 Å². The summed E-state index contributed by atoms with van der Waals surface area (Å²) in [6, 6.07) is 10.4.